The Hall–Kier alpha value is -3.00. The molecule has 170 valence electrons. The van der Waals surface area contributed by atoms with E-state index in [-0.39, 0.29) is 11.1 Å². The number of piperazine rings is 1. The highest BCUT2D eigenvalue weighted by Crippen LogP contribution is 2.27. The molecule has 0 unspecified atom stereocenters. The molecule has 1 aliphatic heterocycles. The molecule has 1 fully saturated rings. The van der Waals surface area contributed by atoms with Crippen LogP contribution in [0.1, 0.15) is 5.69 Å². The molecule has 0 spiro atoms. The molecule has 0 bridgehead atoms. The normalized spacial score (nSPS) is 14.8. The molecule has 33 heavy (non-hydrogen) atoms. The van der Waals surface area contributed by atoms with Crippen LogP contribution in [-0.4, -0.2) is 45.4 Å². The molecule has 9 heteroatoms. The topological polar surface area (TPSA) is 66.3 Å². The molecule has 2 aromatic carbocycles. The van der Waals surface area contributed by atoms with Crippen molar-refractivity contribution in [1.82, 2.24) is 19.2 Å². The second-order valence-corrected chi connectivity index (χ2v) is 9.01. The van der Waals surface area contributed by atoms with Crippen molar-refractivity contribution in [3.63, 3.8) is 0 Å². The van der Waals surface area contributed by atoms with Gasteiger partial charge in [0.25, 0.3) is 11.1 Å². The van der Waals surface area contributed by atoms with Gasteiger partial charge in [0, 0.05) is 51.5 Å². The summed E-state index contributed by atoms with van der Waals surface area (Å²) in [5.74, 6) is 0. The molecule has 0 aliphatic carbocycles. The van der Waals surface area contributed by atoms with Gasteiger partial charge in [0.1, 0.15) is 0 Å². The van der Waals surface area contributed by atoms with E-state index in [0.29, 0.717) is 33.9 Å². The van der Waals surface area contributed by atoms with Crippen LogP contribution in [0.15, 0.2) is 64.2 Å². The van der Waals surface area contributed by atoms with Crippen LogP contribution in [0.3, 0.4) is 0 Å². The quantitative estimate of drug-likeness (QED) is 0.481. The zero-order valence-electron chi connectivity index (χ0n) is 18.1. The lowest BCUT2D eigenvalue weighted by Gasteiger charge is -2.36. The molecule has 2 aromatic heterocycles. The summed E-state index contributed by atoms with van der Waals surface area (Å²) in [6.07, 6.45) is 0. The maximum Gasteiger partial charge on any atom is 0.280 e. The summed E-state index contributed by atoms with van der Waals surface area (Å²) in [4.78, 5) is 30.6. The number of hydrogen-bond acceptors (Lipinski definition) is 4. The Labute approximate surface area is 200 Å². The number of nitrogens with one attached hydrogen (secondary N) is 1. The Morgan fingerprint density at radius 1 is 0.879 bits per heavy atom. The number of halogens is 2. The van der Waals surface area contributed by atoms with Gasteiger partial charge in [-0.2, -0.15) is 0 Å². The zero-order chi connectivity index (χ0) is 23.1. The van der Waals surface area contributed by atoms with Gasteiger partial charge in [-0.15, -0.1) is 0 Å². The van der Waals surface area contributed by atoms with Crippen molar-refractivity contribution < 1.29 is 0 Å². The number of fused-ring (bicyclic) bond motifs is 1. The van der Waals surface area contributed by atoms with Crippen LogP contribution >= 0.6 is 23.2 Å². The van der Waals surface area contributed by atoms with Gasteiger partial charge in [-0.25, -0.2) is 4.68 Å². The minimum absolute atomic E-state index is 0.167. The van der Waals surface area contributed by atoms with Crippen LogP contribution in [0.2, 0.25) is 10.0 Å². The first kappa shape index (κ1) is 21.8. The van der Waals surface area contributed by atoms with Crippen molar-refractivity contribution in [2.24, 2.45) is 7.05 Å². The average Bonchev–Trinajstić information content (AvgIpc) is 3.13. The smallest absolute Gasteiger partial charge is 0.280 e. The molecule has 1 N–H and O–H groups in total. The third kappa shape index (κ3) is 3.97. The number of nitrogens with zero attached hydrogens (tertiary/aromatic N) is 4. The summed E-state index contributed by atoms with van der Waals surface area (Å²) in [6.45, 7) is 3.70. The fourth-order valence-corrected chi connectivity index (χ4v) is 4.89. The van der Waals surface area contributed by atoms with Crippen molar-refractivity contribution in [3.8, 4) is 5.69 Å². The van der Waals surface area contributed by atoms with Gasteiger partial charge < -0.3 is 9.47 Å². The van der Waals surface area contributed by atoms with E-state index >= 15 is 0 Å². The van der Waals surface area contributed by atoms with Crippen LogP contribution in [0.5, 0.6) is 0 Å². The predicted octanol–water partition coefficient (Wildman–Crippen LogP) is 3.65. The maximum atomic E-state index is 13.4. The monoisotopic (exact) mass is 483 g/mol. The summed E-state index contributed by atoms with van der Waals surface area (Å²) in [6, 6.07) is 16.4. The van der Waals surface area contributed by atoms with E-state index in [1.165, 1.54) is 10.7 Å². The highest BCUT2D eigenvalue weighted by atomic mass is 35.5. The maximum absolute atomic E-state index is 13.4. The first-order valence-corrected chi connectivity index (χ1v) is 11.5. The number of aromatic nitrogens is 3. The highest BCUT2D eigenvalue weighted by Gasteiger charge is 2.23. The van der Waals surface area contributed by atoms with Crippen LogP contribution in [0.4, 0.5) is 5.69 Å². The number of anilines is 1. The minimum Gasteiger partial charge on any atom is -0.368 e. The number of benzene rings is 2. The third-order valence-corrected chi connectivity index (χ3v) is 6.88. The second kappa shape index (κ2) is 8.74. The third-order valence-electron chi connectivity index (χ3n) is 6.24. The zero-order valence-corrected chi connectivity index (χ0v) is 19.6. The van der Waals surface area contributed by atoms with Gasteiger partial charge in [0.2, 0.25) is 0 Å². The SMILES string of the molecule is Cn1c(CN2CCN(c3ccccc3Cl)CC2)c2c(=O)n(-c3ccccc3Cl)[nH]c2cc1=O. The van der Waals surface area contributed by atoms with Crippen molar-refractivity contribution in [3.05, 3.63) is 91.0 Å². The molecule has 1 aliphatic rings. The van der Waals surface area contributed by atoms with E-state index in [0.717, 1.165) is 36.9 Å². The van der Waals surface area contributed by atoms with Gasteiger partial charge in [0.05, 0.1) is 32.3 Å². The molecule has 0 radical (unpaired) electrons. The van der Waals surface area contributed by atoms with E-state index in [1.54, 1.807) is 23.7 Å². The Kier molecular flexibility index (Phi) is 5.78. The lowest BCUT2D eigenvalue weighted by atomic mass is 10.2. The number of pyridine rings is 1. The van der Waals surface area contributed by atoms with Crippen molar-refractivity contribution >= 4 is 39.8 Å². The Morgan fingerprint density at radius 3 is 2.12 bits per heavy atom. The van der Waals surface area contributed by atoms with E-state index in [9.17, 15) is 9.59 Å². The summed E-state index contributed by atoms with van der Waals surface area (Å²) >= 11 is 12.7. The summed E-state index contributed by atoms with van der Waals surface area (Å²) in [5.41, 5.74) is 2.39. The molecule has 7 nitrogen and oxygen atoms in total. The number of rotatable bonds is 4. The second-order valence-electron chi connectivity index (χ2n) is 8.20. The fraction of sp³-hybridized carbons (Fsp3) is 0.250. The Balaban J connectivity index is 1.47. The van der Waals surface area contributed by atoms with Crippen molar-refractivity contribution in [2.45, 2.75) is 6.54 Å². The van der Waals surface area contributed by atoms with Gasteiger partial charge in [0.15, 0.2) is 0 Å². The number of para-hydroxylation sites is 2. The first-order chi connectivity index (χ1) is 15.9. The van der Waals surface area contributed by atoms with Gasteiger partial charge in [-0.05, 0) is 24.3 Å². The lowest BCUT2D eigenvalue weighted by Crippen LogP contribution is -2.46. The molecule has 0 amide bonds. The van der Waals surface area contributed by atoms with Gasteiger partial charge in [-0.1, -0.05) is 47.5 Å². The Morgan fingerprint density at radius 2 is 1.48 bits per heavy atom. The van der Waals surface area contributed by atoms with Crippen LogP contribution in [-0.2, 0) is 13.6 Å². The van der Waals surface area contributed by atoms with E-state index in [2.05, 4.69) is 14.9 Å². The Bertz CT molecular complexity index is 1450. The van der Waals surface area contributed by atoms with Crippen LogP contribution in [0.25, 0.3) is 16.6 Å². The highest BCUT2D eigenvalue weighted by molar-refractivity contribution is 6.33. The molecule has 3 heterocycles. The molecular formula is C24H23Cl2N5O2. The van der Waals surface area contributed by atoms with Crippen LogP contribution < -0.4 is 16.0 Å². The van der Waals surface area contributed by atoms with E-state index in [4.69, 9.17) is 23.2 Å². The molecule has 0 saturated carbocycles. The number of hydrogen-bond donors (Lipinski definition) is 1. The first-order valence-electron chi connectivity index (χ1n) is 10.7. The summed E-state index contributed by atoms with van der Waals surface area (Å²) < 4.78 is 2.97. The van der Waals surface area contributed by atoms with Crippen LogP contribution in [0, 0.1) is 0 Å². The van der Waals surface area contributed by atoms with Gasteiger partial charge >= 0.3 is 0 Å². The number of aromatic amines is 1. The molecule has 4 aromatic rings. The molecule has 0 atom stereocenters. The van der Waals surface area contributed by atoms with Crippen molar-refractivity contribution in [2.75, 3.05) is 31.1 Å². The van der Waals surface area contributed by atoms with E-state index in [1.807, 2.05) is 36.4 Å². The standard InChI is InChI=1S/C24H23Cl2N5O2/c1-28-21(15-29-10-12-30(13-11-29)19-8-4-2-6-16(19)25)23-18(14-22(28)32)27-31(24(23)33)20-9-5-3-7-17(20)26/h2-9,14,27H,10-13,15H2,1H3. The largest absolute Gasteiger partial charge is 0.368 e. The van der Waals surface area contributed by atoms with E-state index < -0.39 is 0 Å². The number of H-pyrrole nitrogens is 1. The molecular weight excluding hydrogens is 461 g/mol. The average molecular weight is 484 g/mol. The van der Waals surface area contributed by atoms with Gasteiger partial charge in [-0.3, -0.25) is 19.6 Å². The van der Waals surface area contributed by atoms with Crippen molar-refractivity contribution in [1.29, 1.82) is 0 Å². The minimum atomic E-state index is -0.224. The summed E-state index contributed by atoms with van der Waals surface area (Å²) in [7, 11) is 1.71. The summed E-state index contributed by atoms with van der Waals surface area (Å²) in [5, 5.41) is 4.77. The molecule has 5 rings (SSSR count). The fourth-order valence-electron chi connectivity index (χ4n) is 4.41. The predicted molar refractivity (Wildman–Crippen MR) is 133 cm³/mol. The molecule has 1 saturated heterocycles. The lowest BCUT2D eigenvalue weighted by molar-refractivity contribution is 0.245.